The first kappa shape index (κ1) is 22.7. The monoisotopic (exact) mass is 482 g/mol. The van der Waals surface area contributed by atoms with Gasteiger partial charge in [0.1, 0.15) is 11.9 Å². The molecule has 1 aromatic heterocycles. The zero-order valence-electron chi connectivity index (χ0n) is 15.8. The fourth-order valence-electron chi connectivity index (χ4n) is 3.26. The van der Waals surface area contributed by atoms with Crippen molar-refractivity contribution >= 4 is 7.82 Å². The average molecular weight is 482 g/mol. The van der Waals surface area contributed by atoms with Crippen molar-refractivity contribution in [2.75, 3.05) is 6.61 Å². The number of phosphoric acid groups is 1. The Kier molecular flexibility index (Phi) is 5.75. The van der Waals surface area contributed by atoms with Crippen LogP contribution in [0.1, 0.15) is 11.8 Å². The minimum atomic E-state index is -4.47. The van der Waals surface area contributed by atoms with Crippen LogP contribution in [0.15, 0.2) is 40.1 Å². The van der Waals surface area contributed by atoms with E-state index < -0.39 is 62.0 Å². The maximum Gasteiger partial charge on any atom is 0.530 e. The molecule has 0 radical (unpaired) electrons. The molecule has 4 rings (SSSR count). The highest BCUT2D eigenvalue weighted by Gasteiger charge is 2.62. The largest absolute Gasteiger partial charge is 0.530 e. The lowest BCUT2D eigenvalue weighted by Crippen LogP contribution is -2.52. The van der Waals surface area contributed by atoms with E-state index in [0.29, 0.717) is 5.56 Å². The van der Waals surface area contributed by atoms with Gasteiger partial charge in [-0.2, -0.15) is 4.39 Å². The van der Waals surface area contributed by atoms with Gasteiger partial charge in [-0.3, -0.25) is 23.4 Å². The van der Waals surface area contributed by atoms with Crippen LogP contribution in [0, 0.1) is 5.82 Å². The van der Waals surface area contributed by atoms with Crippen molar-refractivity contribution in [2.45, 2.75) is 37.1 Å². The Labute approximate surface area is 175 Å². The van der Waals surface area contributed by atoms with Crippen molar-refractivity contribution in [1.82, 2.24) is 9.55 Å². The Morgan fingerprint density at radius 2 is 2.06 bits per heavy atom. The molecule has 1 saturated heterocycles. The first-order valence-corrected chi connectivity index (χ1v) is 10.5. The predicted molar refractivity (Wildman–Crippen MR) is 96.5 cm³/mol. The number of para-hydroxylation sites is 1. The molecule has 0 saturated carbocycles. The highest BCUT2D eigenvalue weighted by atomic mass is 31.2. The third-order valence-electron chi connectivity index (χ3n) is 4.99. The van der Waals surface area contributed by atoms with Crippen LogP contribution in [0.3, 0.4) is 0 Å². The summed E-state index contributed by atoms with van der Waals surface area (Å²) in [7, 11) is -4.47. The summed E-state index contributed by atoms with van der Waals surface area (Å²) in [4.78, 5) is 24.6. The van der Waals surface area contributed by atoms with Crippen LogP contribution in [0.2, 0.25) is 0 Å². The molecule has 1 unspecified atom stereocenters. The summed E-state index contributed by atoms with van der Waals surface area (Å²) >= 11 is 0. The minimum Gasteiger partial charge on any atom is -0.404 e. The van der Waals surface area contributed by atoms with Crippen LogP contribution in [-0.4, -0.2) is 45.6 Å². The number of nitrogens with zero attached hydrogens (tertiary/aromatic N) is 1. The first-order chi connectivity index (χ1) is 15.1. The van der Waals surface area contributed by atoms with E-state index in [9.17, 15) is 36.8 Å². The predicted octanol–water partition coefficient (Wildman–Crippen LogP) is 1.64. The highest BCUT2D eigenvalue weighted by Crippen LogP contribution is 2.56. The molecule has 2 aliphatic heterocycles. The van der Waals surface area contributed by atoms with Gasteiger partial charge in [-0.25, -0.2) is 22.5 Å². The number of aromatic nitrogens is 2. The van der Waals surface area contributed by atoms with E-state index in [4.69, 9.17) is 18.3 Å². The third kappa shape index (κ3) is 3.77. The topological polar surface area (TPSA) is 129 Å². The van der Waals surface area contributed by atoms with E-state index in [-0.39, 0.29) is 23.1 Å². The van der Waals surface area contributed by atoms with Gasteiger partial charge < -0.3 is 14.4 Å². The summed E-state index contributed by atoms with van der Waals surface area (Å²) in [6.45, 7) is -1.61. The molecule has 0 aliphatic carbocycles. The average Bonchev–Trinajstić information content (AvgIpc) is 3.01. The Morgan fingerprint density at radius 3 is 2.78 bits per heavy atom. The van der Waals surface area contributed by atoms with Crippen LogP contribution >= 0.6 is 7.82 Å². The quantitative estimate of drug-likeness (QED) is 0.486. The Morgan fingerprint density at radius 1 is 1.34 bits per heavy atom. The summed E-state index contributed by atoms with van der Waals surface area (Å²) in [5, 5.41) is 10.2. The zero-order valence-corrected chi connectivity index (χ0v) is 16.7. The molecule has 1 fully saturated rings. The van der Waals surface area contributed by atoms with E-state index in [2.05, 4.69) is 0 Å². The van der Waals surface area contributed by atoms with Gasteiger partial charge in [0.15, 0.2) is 18.0 Å². The molecule has 5 atom stereocenters. The molecule has 0 bridgehead atoms. The fourth-order valence-corrected chi connectivity index (χ4v) is 4.52. The summed E-state index contributed by atoms with van der Waals surface area (Å²) in [5.74, 6) is -1.41. The number of fused-ring (bicyclic) bond motifs is 1. The van der Waals surface area contributed by atoms with Crippen LogP contribution < -0.4 is 15.8 Å². The van der Waals surface area contributed by atoms with Gasteiger partial charge in [-0.1, -0.05) is 18.2 Å². The number of benzene rings is 1. The van der Waals surface area contributed by atoms with Gasteiger partial charge >= 0.3 is 13.5 Å². The Bertz CT molecular complexity index is 1190. The number of aliphatic hydroxyl groups excluding tert-OH is 1. The van der Waals surface area contributed by atoms with Gasteiger partial charge in [0.05, 0.1) is 19.4 Å². The molecule has 10 nitrogen and oxygen atoms in total. The minimum absolute atomic E-state index is 0.109. The lowest BCUT2D eigenvalue weighted by atomic mass is 9.97. The molecule has 2 aromatic rings. The molecular weight excluding hydrogens is 467 g/mol. The summed E-state index contributed by atoms with van der Waals surface area (Å²) in [6, 6.07) is 6.24. The van der Waals surface area contributed by atoms with Crippen molar-refractivity contribution in [3.63, 3.8) is 0 Å². The highest BCUT2D eigenvalue weighted by molar-refractivity contribution is 7.49. The van der Waals surface area contributed by atoms with Gasteiger partial charge in [0, 0.05) is 5.56 Å². The van der Waals surface area contributed by atoms with Crippen molar-refractivity contribution in [1.29, 1.82) is 0 Å². The molecule has 32 heavy (non-hydrogen) atoms. The van der Waals surface area contributed by atoms with Crippen LogP contribution in [0.5, 0.6) is 5.75 Å². The van der Waals surface area contributed by atoms with Crippen LogP contribution in [0.25, 0.3) is 0 Å². The van der Waals surface area contributed by atoms with E-state index in [1.807, 2.05) is 0 Å². The maximum atomic E-state index is 14.7. The number of hydrogen-bond acceptors (Lipinski definition) is 8. The second-order valence-corrected chi connectivity index (χ2v) is 8.58. The van der Waals surface area contributed by atoms with Gasteiger partial charge in [-0.15, -0.1) is 0 Å². The smallest absolute Gasteiger partial charge is 0.404 e. The molecule has 0 spiro atoms. The summed E-state index contributed by atoms with van der Waals surface area (Å²) < 4.78 is 89.0. The second-order valence-electron chi connectivity index (χ2n) is 6.99. The first-order valence-electron chi connectivity index (χ1n) is 9.02. The van der Waals surface area contributed by atoms with Crippen molar-refractivity contribution in [3.05, 3.63) is 62.7 Å². The number of alkyl halides is 3. The molecule has 1 aromatic carbocycles. The maximum absolute atomic E-state index is 14.7. The SMILES string of the molecule is O=c1[nH]c(=O)n([C@@H]2O[C@@](COP3(=O)OCc4ccccc4O3)(C(F)F)[C@@H](O)[C@H]2F)cc1F. The Hall–Kier alpha value is -2.51. The van der Waals surface area contributed by atoms with E-state index in [0.717, 1.165) is 0 Å². The van der Waals surface area contributed by atoms with Crippen molar-refractivity contribution < 1.29 is 45.5 Å². The number of halogens is 4. The van der Waals surface area contributed by atoms with Crippen molar-refractivity contribution in [2.24, 2.45) is 0 Å². The zero-order chi connectivity index (χ0) is 23.3. The van der Waals surface area contributed by atoms with Crippen LogP contribution in [-0.2, 0) is 25.0 Å². The number of rotatable bonds is 5. The number of H-pyrrole nitrogens is 1. The van der Waals surface area contributed by atoms with Gasteiger partial charge in [-0.05, 0) is 6.07 Å². The number of hydrogen-bond donors (Lipinski definition) is 2. The van der Waals surface area contributed by atoms with E-state index in [1.54, 1.807) is 18.2 Å². The summed E-state index contributed by atoms with van der Waals surface area (Å²) in [5.41, 5.74) is -5.41. The molecule has 2 N–H and O–H groups in total. The number of ether oxygens (including phenoxy) is 1. The third-order valence-corrected chi connectivity index (χ3v) is 6.30. The van der Waals surface area contributed by atoms with Crippen LogP contribution in [0.4, 0.5) is 17.6 Å². The van der Waals surface area contributed by atoms with Gasteiger partial charge in [0.25, 0.3) is 12.0 Å². The number of aromatic amines is 1. The van der Waals surface area contributed by atoms with Crippen molar-refractivity contribution in [3.8, 4) is 5.75 Å². The molecule has 174 valence electrons. The summed E-state index contributed by atoms with van der Waals surface area (Å²) in [6.07, 6.45) is -10.9. The fraction of sp³-hybridized carbons (Fsp3) is 0.412. The lowest BCUT2D eigenvalue weighted by Gasteiger charge is -2.32. The van der Waals surface area contributed by atoms with Gasteiger partial charge in [0.2, 0.25) is 5.82 Å². The molecular formula is C17H15F4N2O8P. The lowest BCUT2D eigenvalue weighted by molar-refractivity contribution is -0.194. The molecule has 2 aliphatic rings. The second kappa shape index (κ2) is 8.12. The number of phosphoric ester groups is 1. The molecule has 0 amide bonds. The number of aliphatic hydroxyl groups is 1. The Balaban J connectivity index is 1.60. The number of nitrogens with one attached hydrogen (secondary N) is 1. The standard InChI is InChI=1S/C17H15F4N2O8P/c18-9-5-23(16(26)22-13(9)25)14-11(19)12(24)17(30-14,15(20)21)7-29-32(27)28-6-8-3-1-2-4-10(8)31-32/h1-5,11-12,14-15,24H,6-7H2,(H,22,25,26)/t11-,12+,14-,17-,32?/m1/s1. The van der Waals surface area contributed by atoms with E-state index >= 15 is 0 Å². The molecule has 3 heterocycles. The van der Waals surface area contributed by atoms with E-state index in [1.165, 1.54) is 11.1 Å². The normalized spacial score (nSPS) is 32.0. The molecule has 15 heteroatoms.